The van der Waals surface area contributed by atoms with Gasteiger partial charge in [0.1, 0.15) is 0 Å². The number of aryl methyl sites for hydroxylation is 3. The highest BCUT2D eigenvalue weighted by molar-refractivity contribution is 7.92. The minimum absolute atomic E-state index is 0.119. The molecule has 0 aliphatic heterocycles. The summed E-state index contributed by atoms with van der Waals surface area (Å²) in [6.07, 6.45) is 0. The second-order valence-corrected chi connectivity index (χ2v) is 6.70. The molecule has 11 heteroatoms. The lowest BCUT2D eigenvalue weighted by molar-refractivity contribution is 0.397. The van der Waals surface area contributed by atoms with Crippen molar-refractivity contribution in [2.45, 2.75) is 25.9 Å². The average Bonchev–Trinajstić information content (AvgIpc) is 2.91. The predicted octanol–water partition coefficient (Wildman–Crippen LogP) is 0.649. The van der Waals surface area contributed by atoms with E-state index in [1.807, 2.05) is 0 Å². The maximum absolute atomic E-state index is 12.5. The maximum atomic E-state index is 12.5. The summed E-state index contributed by atoms with van der Waals surface area (Å²) in [6, 6.07) is 3.36. The third kappa shape index (κ3) is 2.97. The average molecular weight is 349 g/mol. The summed E-state index contributed by atoms with van der Waals surface area (Å²) in [4.78, 5) is 16.1. The second kappa shape index (κ2) is 5.67. The third-order valence-electron chi connectivity index (χ3n) is 3.10. The van der Waals surface area contributed by atoms with E-state index >= 15 is 0 Å². The molecule has 3 heterocycles. The molecule has 0 aromatic carbocycles. The van der Waals surface area contributed by atoms with Crippen LogP contribution in [0.5, 0.6) is 5.88 Å². The highest BCUT2D eigenvalue weighted by Gasteiger charge is 2.23. The monoisotopic (exact) mass is 349 g/mol. The number of ether oxygens (including phenoxy) is 1. The van der Waals surface area contributed by atoms with Gasteiger partial charge in [0.25, 0.3) is 10.9 Å². The molecule has 0 spiro atoms. The summed E-state index contributed by atoms with van der Waals surface area (Å²) in [5.74, 6) is 0.332. The van der Waals surface area contributed by atoms with Crippen LogP contribution in [0.1, 0.15) is 17.1 Å². The van der Waals surface area contributed by atoms with Gasteiger partial charge in [0, 0.05) is 23.1 Å². The zero-order valence-corrected chi connectivity index (χ0v) is 14.3. The van der Waals surface area contributed by atoms with Crippen molar-refractivity contribution >= 4 is 21.7 Å². The molecule has 0 aliphatic rings. The predicted molar refractivity (Wildman–Crippen MR) is 84.4 cm³/mol. The van der Waals surface area contributed by atoms with Crippen molar-refractivity contribution in [2.75, 3.05) is 11.8 Å². The fraction of sp³-hybridized carbons (Fsp3) is 0.308. The van der Waals surface area contributed by atoms with Gasteiger partial charge in [-0.25, -0.2) is 19.2 Å². The van der Waals surface area contributed by atoms with E-state index in [2.05, 4.69) is 29.8 Å². The summed E-state index contributed by atoms with van der Waals surface area (Å²) in [6.45, 7) is 5.27. The van der Waals surface area contributed by atoms with Crippen molar-refractivity contribution in [3.05, 3.63) is 29.2 Å². The molecule has 24 heavy (non-hydrogen) atoms. The van der Waals surface area contributed by atoms with Crippen LogP contribution in [0.3, 0.4) is 0 Å². The zero-order chi connectivity index (χ0) is 17.5. The van der Waals surface area contributed by atoms with Crippen LogP contribution in [0.25, 0.3) is 5.78 Å². The standard InChI is InChI=1S/C13H15N7O3S/c1-7-5-9(3)20-12(15-7)17-13(18-20)24(21,22)19-11-14-8(2)6-10(16-11)23-4/h5-6H,1-4H3,(H,14,16,19). The molecule has 3 aromatic rings. The number of hydrogen-bond acceptors (Lipinski definition) is 8. The van der Waals surface area contributed by atoms with Crippen molar-refractivity contribution in [2.24, 2.45) is 0 Å². The topological polar surface area (TPSA) is 124 Å². The van der Waals surface area contributed by atoms with Crippen LogP contribution in [-0.4, -0.2) is 45.1 Å². The van der Waals surface area contributed by atoms with Gasteiger partial charge >= 0.3 is 10.0 Å². The Balaban J connectivity index is 2.02. The first-order valence-corrected chi connectivity index (χ1v) is 8.40. The van der Waals surface area contributed by atoms with Crippen molar-refractivity contribution in [3.8, 4) is 5.88 Å². The number of fused-ring (bicyclic) bond motifs is 1. The van der Waals surface area contributed by atoms with Gasteiger partial charge in [-0.05, 0) is 26.8 Å². The van der Waals surface area contributed by atoms with Crippen LogP contribution >= 0.6 is 0 Å². The summed E-state index contributed by atoms with van der Waals surface area (Å²) < 4.78 is 33.6. The lowest BCUT2D eigenvalue weighted by Crippen LogP contribution is -2.17. The van der Waals surface area contributed by atoms with Gasteiger partial charge in [0.05, 0.1) is 7.11 Å². The first-order valence-electron chi connectivity index (χ1n) is 6.92. The molecule has 126 valence electrons. The Morgan fingerprint density at radius 2 is 1.75 bits per heavy atom. The fourth-order valence-corrected chi connectivity index (χ4v) is 2.93. The van der Waals surface area contributed by atoms with E-state index in [-0.39, 0.29) is 17.6 Å². The van der Waals surface area contributed by atoms with E-state index in [0.29, 0.717) is 5.69 Å². The smallest absolute Gasteiger partial charge is 0.301 e. The van der Waals surface area contributed by atoms with Gasteiger partial charge in [-0.3, -0.25) is 0 Å². The Labute approximate surface area is 138 Å². The Hall–Kier alpha value is -2.82. The van der Waals surface area contributed by atoms with Gasteiger partial charge < -0.3 is 4.74 Å². The molecule has 3 rings (SSSR count). The van der Waals surface area contributed by atoms with E-state index < -0.39 is 15.2 Å². The van der Waals surface area contributed by atoms with Gasteiger partial charge in [-0.1, -0.05) is 0 Å². The van der Waals surface area contributed by atoms with Gasteiger partial charge in [0.2, 0.25) is 11.8 Å². The first kappa shape index (κ1) is 16.1. The first-order chi connectivity index (χ1) is 11.3. The number of hydrogen-bond donors (Lipinski definition) is 1. The number of sulfonamides is 1. The lowest BCUT2D eigenvalue weighted by Gasteiger charge is -2.06. The Morgan fingerprint density at radius 3 is 2.46 bits per heavy atom. The number of nitrogens with one attached hydrogen (secondary N) is 1. The minimum Gasteiger partial charge on any atom is -0.481 e. The van der Waals surface area contributed by atoms with E-state index in [1.54, 1.807) is 32.9 Å². The highest BCUT2D eigenvalue weighted by Crippen LogP contribution is 2.15. The number of nitrogens with zero attached hydrogens (tertiary/aromatic N) is 6. The van der Waals surface area contributed by atoms with E-state index in [0.717, 1.165) is 11.4 Å². The Bertz CT molecular complexity index is 1030. The minimum atomic E-state index is -4.06. The maximum Gasteiger partial charge on any atom is 0.301 e. The van der Waals surface area contributed by atoms with Crippen molar-refractivity contribution in [1.29, 1.82) is 0 Å². The molecule has 0 bridgehead atoms. The molecule has 0 aliphatic carbocycles. The summed E-state index contributed by atoms with van der Waals surface area (Å²) >= 11 is 0. The summed E-state index contributed by atoms with van der Waals surface area (Å²) in [5.41, 5.74) is 1.99. The molecule has 0 saturated heterocycles. The van der Waals surface area contributed by atoms with Crippen molar-refractivity contribution in [1.82, 2.24) is 29.5 Å². The SMILES string of the molecule is COc1cc(C)nc(NS(=O)(=O)c2nc3nc(C)cc(C)n3n2)n1. The van der Waals surface area contributed by atoms with Crippen LogP contribution < -0.4 is 9.46 Å². The lowest BCUT2D eigenvalue weighted by atomic mass is 10.4. The van der Waals surface area contributed by atoms with E-state index in [1.165, 1.54) is 11.6 Å². The van der Waals surface area contributed by atoms with E-state index in [9.17, 15) is 8.42 Å². The molecule has 0 fully saturated rings. The van der Waals surface area contributed by atoms with Gasteiger partial charge in [0.15, 0.2) is 0 Å². The highest BCUT2D eigenvalue weighted by atomic mass is 32.2. The quantitative estimate of drug-likeness (QED) is 0.728. The molecule has 3 aromatic heterocycles. The molecular formula is C13H15N7O3S. The largest absolute Gasteiger partial charge is 0.481 e. The molecule has 0 unspecified atom stereocenters. The molecule has 0 radical (unpaired) electrons. The summed E-state index contributed by atoms with van der Waals surface area (Å²) in [5, 5.41) is 3.58. The molecule has 1 N–H and O–H groups in total. The van der Waals surface area contributed by atoms with Crippen LogP contribution in [0.4, 0.5) is 5.95 Å². The molecule has 10 nitrogen and oxygen atoms in total. The Kier molecular flexibility index (Phi) is 3.79. The van der Waals surface area contributed by atoms with Crippen LogP contribution in [0, 0.1) is 20.8 Å². The van der Waals surface area contributed by atoms with Gasteiger partial charge in [-0.15, -0.1) is 5.10 Å². The van der Waals surface area contributed by atoms with Crippen LogP contribution in [-0.2, 0) is 10.0 Å². The number of anilines is 1. The summed E-state index contributed by atoms with van der Waals surface area (Å²) in [7, 11) is -2.63. The third-order valence-corrected chi connectivity index (χ3v) is 4.21. The zero-order valence-electron chi connectivity index (χ0n) is 13.5. The molecule has 0 saturated carbocycles. The second-order valence-electron chi connectivity index (χ2n) is 5.13. The molecule has 0 amide bonds. The van der Waals surface area contributed by atoms with Crippen LogP contribution in [0.2, 0.25) is 0 Å². The fourth-order valence-electron chi connectivity index (χ4n) is 2.12. The van der Waals surface area contributed by atoms with Crippen molar-refractivity contribution in [3.63, 3.8) is 0 Å². The molecule has 0 atom stereocenters. The molecular weight excluding hydrogens is 334 g/mol. The Morgan fingerprint density at radius 1 is 1.04 bits per heavy atom. The van der Waals surface area contributed by atoms with Crippen molar-refractivity contribution < 1.29 is 13.2 Å². The number of aromatic nitrogens is 6. The van der Waals surface area contributed by atoms with Crippen LogP contribution in [0.15, 0.2) is 17.3 Å². The van der Waals surface area contributed by atoms with E-state index in [4.69, 9.17) is 4.74 Å². The number of rotatable bonds is 4. The normalized spacial score (nSPS) is 11.7. The number of methoxy groups -OCH3 is 1. The van der Waals surface area contributed by atoms with Gasteiger partial charge in [-0.2, -0.15) is 18.4 Å².